The smallest absolute Gasteiger partial charge is 0.272 e. The second kappa shape index (κ2) is 7.54. The Labute approximate surface area is 191 Å². The van der Waals surface area contributed by atoms with Gasteiger partial charge in [-0.3, -0.25) is 14.2 Å². The zero-order valence-corrected chi connectivity index (χ0v) is 19.1. The van der Waals surface area contributed by atoms with Crippen LogP contribution in [0.25, 0.3) is 28.4 Å². The van der Waals surface area contributed by atoms with Crippen molar-refractivity contribution in [2.24, 2.45) is 31.8 Å². The zero-order chi connectivity index (χ0) is 22.7. The summed E-state index contributed by atoms with van der Waals surface area (Å²) >= 11 is 0. The maximum Gasteiger partial charge on any atom is 0.272 e. The normalized spacial score (nSPS) is 22.8. The molecule has 1 amide bonds. The molecule has 0 radical (unpaired) electrons. The Balaban J connectivity index is 1.37. The van der Waals surface area contributed by atoms with Crippen LogP contribution in [-0.4, -0.2) is 46.1 Å². The van der Waals surface area contributed by atoms with E-state index in [4.69, 9.17) is 4.98 Å². The number of rotatable bonds is 5. The molecular formula is C24H28N8O. The molecule has 2 aliphatic carbocycles. The van der Waals surface area contributed by atoms with Gasteiger partial charge in [-0.25, -0.2) is 9.50 Å². The lowest BCUT2D eigenvalue weighted by atomic mass is 9.84. The van der Waals surface area contributed by atoms with Gasteiger partial charge < -0.3 is 5.32 Å². The van der Waals surface area contributed by atoms with Gasteiger partial charge in [-0.05, 0) is 62.1 Å². The number of amides is 1. The predicted octanol–water partition coefficient (Wildman–Crippen LogP) is 3.08. The summed E-state index contributed by atoms with van der Waals surface area (Å²) in [5.41, 5.74) is 4.34. The maximum absolute atomic E-state index is 13.2. The Kier molecular flexibility index (Phi) is 4.60. The molecule has 170 valence electrons. The van der Waals surface area contributed by atoms with Gasteiger partial charge in [0.25, 0.3) is 5.91 Å². The average Bonchev–Trinajstić information content (AvgIpc) is 3.60. The molecule has 0 aromatic carbocycles. The van der Waals surface area contributed by atoms with Crippen molar-refractivity contribution in [3.05, 3.63) is 42.4 Å². The van der Waals surface area contributed by atoms with E-state index < -0.39 is 0 Å². The van der Waals surface area contributed by atoms with Gasteiger partial charge in [-0.2, -0.15) is 15.3 Å². The van der Waals surface area contributed by atoms with Crippen LogP contribution in [0.4, 0.5) is 0 Å². The largest absolute Gasteiger partial charge is 0.348 e. The number of aryl methyl sites for hydroxylation is 2. The Morgan fingerprint density at radius 2 is 1.79 bits per heavy atom. The van der Waals surface area contributed by atoms with Gasteiger partial charge in [0, 0.05) is 38.6 Å². The quantitative estimate of drug-likeness (QED) is 0.510. The first-order chi connectivity index (χ1) is 16.0. The van der Waals surface area contributed by atoms with Gasteiger partial charge >= 0.3 is 0 Å². The number of nitrogens with one attached hydrogen (secondary N) is 1. The van der Waals surface area contributed by atoms with Crippen LogP contribution in [0, 0.1) is 17.8 Å². The highest BCUT2D eigenvalue weighted by Crippen LogP contribution is 2.49. The fourth-order valence-corrected chi connectivity index (χ4v) is 5.94. The predicted molar refractivity (Wildman–Crippen MR) is 123 cm³/mol. The zero-order valence-electron chi connectivity index (χ0n) is 19.1. The molecule has 2 fully saturated rings. The van der Waals surface area contributed by atoms with E-state index in [1.165, 1.54) is 25.7 Å². The number of carbonyl (C=O) groups excluding carboxylic acids is 1. The summed E-state index contributed by atoms with van der Waals surface area (Å²) in [7, 11) is 3.77. The molecule has 4 aromatic rings. The molecule has 0 saturated heterocycles. The minimum Gasteiger partial charge on any atom is -0.348 e. The number of carbonyl (C=O) groups is 1. The van der Waals surface area contributed by atoms with Crippen molar-refractivity contribution in [2.75, 3.05) is 0 Å². The van der Waals surface area contributed by atoms with E-state index in [-0.39, 0.29) is 11.9 Å². The van der Waals surface area contributed by atoms with Gasteiger partial charge in [0.1, 0.15) is 0 Å². The first-order valence-corrected chi connectivity index (χ1v) is 11.7. The fourth-order valence-electron chi connectivity index (χ4n) is 5.94. The molecule has 4 heterocycles. The number of fused-ring (bicyclic) bond motifs is 3. The SMILES string of the molecule is C[C@H](NC(=O)c1cc2nc(-c3ccnn3C)cc(-c3ccnn3C)n2n1)[C@@H]1C[C@H]2CC[C@H]1C2. The van der Waals surface area contributed by atoms with E-state index in [1.807, 2.05) is 32.3 Å². The molecule has 0 aliphatic heterocycles. The third kappa shape index (κ3) is 3.34. The van der Waals surface area contributed by atoms with Crippen molar-refractivity contribution in [2.45, 2.75) is 38.6 Å². The molecule has 33 heavy (non-hydrogen) atoms. The van der Waals surface area contributed by atoms with Crippen molar-refractivity contribution >= 4 is 11.6 Å². The van der Waals surface area contributed by atoms with E-state index >= 15 is 0 Å². The summed E-state index contributed by atoms with van der Waals surface area (Å²) < 4.78 is 5.31. The minimum absolute atomic E-state index is 0.145. The number of aromatic nitrogens is 7. The second-order valence-electron chi connectivity index (χ2n) is 9.61. The van der Waals surface area contributed by atoms with Gasteiger partial charge in [-0.15, -0.1) is 0 Å². The molecule has 2 aliphatic rings. The highest BCUT2D eigenvalue weighted by Gasteiger charge is 2.42. The van der Waals surface area contributed by atoms with E-state index in [2.05, 4.69) is 27.5 Å². The van der Waals surface area contributed by atoms with E-state index in [9.17, 15) is 4.79 Å². The van der Waals surface area contributed by atoms with Gasteiger partial charge in [0.2, 0.25) is 0 Å². The molecule has 0 unspecified atom stereocenters. The molecule has 4 atom stereocenters. The molecule has 6 rings (SSSR count). The van der Waals surface area contributed by atoms with Crippen molar-refractivity contribution in [1.29, 1.82) is 0 Å². The van der Waals surface area contributed by atoms with Crippen LogP contribution in [0.15, 0.2) is 36.7 Å². The Morgan fingerprint density at radius 1 is 1.03 bits per heavy atom. The lowest BCUT2D eigenvalue weighted by Gasteiger charge is -2.28. The highest BCUT2D eigenvalue weighted by molar-refractivity contribution is 5.93. The number of hydrogen-bond acceptors (Lipinski definition) is 5. The third-order valence-electron chi connectivity index (χ3n) is 7.62. The minimum atomic E-state index is -0.145. The van der Waals surface area contributed by atoms with E-state index in [0.29, 0.717) is 17.3 Å². The van der Waals surface area contributed by atoms with Crippen LogP contribution in [0.3, 0.4) is 0 Å². The van der Waals surface area contributed by atoms with Crippen LogP contribution in [0.5, 0.6) is 0 Å². The lowest BCUT2D eigenvalue weighted by Crippen LogP contribution is -2.40. The van der Waals surface area contributed by atoms with Crippen LogP contribution in [0.1, 0.15) is 43.1 Å². The van der Waals surface area contributed by atoms with Crippen LogP contribution >= 0.6 is 0 Å². The summed E-state index contributed by atoms with van der Waals surface area (Å²) in [5, 5.41) is 16.5. The van der Waals surface area contributed by atoms with E-state index in [1.54, 1.807) is 32.3 Å². The van der Waals surface area contributed by atoms with Crippen LogP contribution in [0.2, 0.25) is 0 Å². The fraction of sp³-hybridized carbons (Fsp3) is 0.458. The van der Waals surface area contributed by atoms with Crippen molar-refractivity contribution < 1.29 is 4.79 Å². The first-order valence-electron chi connectivity index (χ1n) is 11.7. The summed E-state index contributed by atoms with van der Waals surface area (Å²) in [6.45, 7) is 2.14. The summed E-state index contributed by atoms with van der Waals surface area (Å²) in [4.78, 5) is 18.0. The highest BCUT2D eigenvalue weighted by atomic mass is 16.2. The Bertz CT molecular complexity index is 1350. The standard InChI is InChI=1S/C24H28N8O/c1-14(17-11-15-4-5-16(17)10-15)27-24(33)19-13-23-28-18(20-6-8-25-30(20)2)12-22(32(23)29-19)21-7-9-26-31(21)3/h6-9,12-17H,4-5,10-11H2,1-3H3,(H,27,33)/t14-,15-,16-,17-/m0/s1. The molecule has 2 saturated carbocycles. The molecule has 1 N–H and O–H groups in total. The van der Waals surface area contributed by atoms with Crippen LogP contribution < -0.4 is 5.32 Å². The molecular weight excluding hydrogens is 416 g/mol. The van der Waals surface area contributed by atoms with Gasteiger partial charge in [-0.1, -0.05) is 6.42 Å². The van der Waals surface area contributed by atoms with Crippen molar-refractivity contribution in [3.8, 4) is 22.8 Å². The molecule has 4 aromatic heterocycles. The Hall–Kier alpha value is -3.49. The lowest BCUT2D eigenvalue weighted by molar-refractivity contribution is 0.0910. The number of hydrogen-bond donors (Lipinski definition) is 1. The topological polar surface area (TPSA) is 94.9 Å². The first kappa shape index (κ1) is 20.1. The molecule has 9 nitrogen and oxygen atoms in total. The third-order valence-corrected chi connectivity index (χ3v) is 7.62. The molecule has 0 spiro atoms. The molecule has 2 bridgehead atoms. The van der Waals surface area contributed by atoms with Crippen molar-refractivity contribution in [1.82, 2.24) is 39.5 Å². The van der Waals surface area contributed by atoms with Crippen molar-refractivity contribution in [3.63, 3.8) is 0 Å². The monoisotopic (exact) mass is 444 g/mol. The molecule has 9 heteroatoms. The van der Waals surface area contributed by atoms with E-state index in [0.717, 1.165) is 34.6 Å². The summed E-state index contributed by atoms with van der Waals surface area (Å²) in [6, 6.07) is 7.73. The van der Waals surface area contributed by atoms with Gasteiger partial charge in [0.15, 0.2) is 11.3 Å². The second-order valence-corrected chi connectivity index (χ2v) is 9.61. The van der Waals surface area contributed by atoms with Gasteiger partial charge in [0.05, 0.1) is 22.8 Å². The summed E-state index contributed by atoms with van der Waals surface area (Å²) in [6.07, 6.45) is 8.72. The Morgan fingerprint density at radius 3 is 2.42 bits per heavy atom. The number of nitrogens with zero attached hydrogens (tertiary/aromatic N) is 7. The summed E-state index contributed by atoms with van der Waals surface area (Å²) in [5.74, 6) is 2.04. The maximum atomic E-state index is 13.2. The average molecular weight is 445 g/mol. The van der Waals surface area contributed by atoms with Crippen LogP contribution in [-0.2, 0) is 14.1 Å².